The number of likely N-dealkylation sites (tertiary alicyclic amines) is 1. The highest BCUT2D eigenvalue weighted by atomic mass is 35.5. The van der Waals surface area contributed by atoms with E-state index >= 15 is 0 Å². The standard InChI is InChI=1S/C17H25FN4O.ClH/c18-15-7-14(8-19-10-15)12-22-6-2-3-13(11-22)9-21-17(23)16-4-1-5-20-16;/h7-8,10,13,16,20H,1-6,9,11-12H2,(H,21,23);1H. The first-order chi connectivity index (χ1) is 11.2. The van der Waals surface area contributed by atoms with E-state index in [1.165, 1.54) is 6.20 Å². The maximum atomic E-state index is 13.2. The number of piperidine rings is 1. The number of rotatable bonds is 5. The molecule has 1 aromatic rings. The molecule has 0 bridgehead atoms. The molecule has 3 rings (SSSR count). The van der Waals surface area contributed by atoms with Gasteiger partial charge in [-0.3, -0.25) is 14.7 Å². The van der Waals surface area contributed by atoms with Gasteiger partial charge in [-0.1, -0.05) is 0 Å². The van der Waals surface area contributed by atoms with Gasteiger partial charge in [-0.2, -0.15) is 0 Å². The molecule has 5 nitrogen and oxygen atoms in total. The quantitative estimate of drug-likeness (QED) is 0.843. The fraction of sp³-hybridized carbons (Fsp3) is 0.647. The largest absolute Gasteiger partial charge is 0.354 e. The van der Waals surface area contributed by atoms with Crippen molar-refractivity contribution in [2.75, 3.05) is 26.2 Å². The van der Waals surface area contributed by atoms with Crippen LogP contribution >= 0.6 is 12.4 Å². The lowest BCUT2D eigenvalue weighted by molar-refractivity contribution is -0.123. The van der Waals surface area contributed by atoms with Crippen molar-refractivity contribution in [2.45, 2.75) is 38.3 Å². The number of hydrogen-bond donors (Lipinski definition) is 2. The van der Waals surface area contributed by atoms with Crippen molar-refractivity contribution in [3.63, 3.8) is 0 Å². The van der Waals surface area contributed by atoms with Crippen molar-refractivity contribution in [3.05, 3.63) is 29.8 Å². The Balaban J connectivity index is 0.00000208. The molecule has 0 spiro atoms. The third-order valence-corrected chi connectivity index (χ3v) is 4.71. The zero-order valence-electron chi connectivity index (χ0n) is 13.8. The van der Waals surface area contributed by atoms with Gasteiger partial charge in [-0.05, 0) is 56.3 Å². The number of pyridine rings is 1. The summed E-state index contributed by atoms with van der Waals surface area (Å²) in [6, 6.07) is 1.54. The van der Waals surface area contributed by atoms with Gasteiger partial charge in [-0.15, -0.1) is 12.4 Å². The van der Waals surface area contributed by atoms with Gasteiger partial charge in [0.2, 0.25) is 5.91 Å². The van der Waals surface area contributed by atoms with Gasteiger partial charge in [-0.25, -0.2) is 4.39 Å². The first kappa shape index (κ1) is 19.1. The number of aromatic nitrogens is 1. The van der Waals surface area contributed by atoms with E-state index in [0.29, 0.717) is 5.92 Å². The van der Waals surface area contributed by atoms with Crippen LogP contribution in [0.2, 0.25) is 0 Å². The minimum atomic E-state index is -0.285. The Morgan fingerprint density at radius 1 is 1.38 bits per heavy atom. The lowest BCUT2D eigenvalue weighted by atomic mass is 9.97. The Hall–Kier alpha value is -1.24. The average Bonchev–Trinajstić information content (AvgIpc) is 3.07. The summed E-state index contributed by atoms with van der Waals surface area (Å²) in [5.41, 5.74) is 0.907. The number of hydrogen-bond acceptors (Lipinski definition) is 4. The molecular formula is C17H26ClFN4O. The summed E-state index contributed by atoms with van der Waals surface area (Å²) in [6.45, 7) is 4.35. The van der Waals surface area contributed by atoms with E-state index < -0.39 is 0 Å². The molecule has 0 radical (unpaired) electrons. The number of nitrogens with zero attached hydrogens (tertiary/aromatic N) is 2. The predicted molar refractivity (Wildman–Crippen MR) is 93.5 cm³/mol. The molecule has 24 heavy (non-hydrogen) atoms. The Morgan fingerprint density at radius 3 is 3.00 bits per heavy atom. The third kappa shape index (κ3) is 5.40. The van der Waals surface area contributed by atoms with Crippen LogP contribution in [0.25, 0.3) is 0 Å². The lowest BCUT2D eigenvalue weighted by Crippen LogP contribution is -2.45. The van der Waals surface area contributed by atoms with Crippen LogP contribution in [-0.4, -0.2) is 48.0 Å². The monoisotopic (exact) mass is 356 g/mol. The molecule has 2 aliphatic heterocycles. The van der Waals surface area contributed by atoms with E-state index in [4.69, 9.17) is 0 Å². The van der Waals surface area contributed by atoms with E-state index in [1.54, 1.807) is 12.3 Å². The minimum absolute atomic E-state index is 0. The van der Waals surface area contributed by atoms with Gasteiger partial charge >= 0.3 is 0 Å². The predicted octanol–water partition coefficient (Wildman–Crippen LogP) is 1.72. The van der Waals surface area contributed by atoms with Crippen molar-refractivity contribution < 1.29 is 9.18 Å². The molecule has 0 saturated carbocycles. The molecule has 2 atom stereocenters. The summed E-state index contributed by atoms with van der Waals surface area (Å²) < 4.78 is 13.2. The first-order valence-electron chi connectivity index (χ1n) is 8.53. The number of amides is 1. The van der Waals surface area contributed by atoms with Crippen LogP contribution in [0.5, 0.6) is 0 Å². The molecule has 2 aliphatic rings. The molecular weight excluding hydrogens is 331 g/mol. The van der Waals surface area contributed by atoms with E-state index in [-0.39, 0.29) is 30.2 Å². The van der Waals surface area contributed by atoms with Crippen LogP contribution in [-0.2, 0) is 11.3 Å². The second kappa shape index (κ2) is 9.30. The highest BCUT2D eigenvalue weighted by Crippen LogP contribution is 2.18. The zero-order chi connectivity index (χ0) is 16.1. The molecule has 1 aromatic heterocycles. The molecule has 2 fully saturated rings. The van der Waals surface area contributed by atoms with E-state index in [1.807, 2.05) is 0 Å². The van der Waals surface area contributed by atoms with Gasteiger partial charge in [0.1, 0.15) is 5.82 Å². The van der Waals surface area contributed by atoms with Gasteiger partial charge in [0.15, 0.2) is 0 Å². The van der Waals surface area contributed by atoms with Crippen molar-refractivity contribution in [1.82, 2.24) is 20.5 Å². The molecule has 2 saturated heterocycles. The van der Waals surface area contributed by atoms with Crippen LogP contribution in [0.1, 0.15) is 31.2 Å². The second-order valence-corrected chi connectivity index (χ2v) is 6.65. The van der Waals surface area contributed by atoms with Crippen LogP contribution < -0.4 is 10.6 Å². The highest BCUT2D eigenvalue weighted by Gasteiger charge is 2.24. The molecule has 134 valence electrons. The van der Waals surface area contributed by atoms with Crippen LogP contribution in [0.3, 0.4) is 0 Å². The number of carbonyl (C=O) groups excluding carboxylic acids is 1. The van der Waals surface area contributed by atoms with Crippen LogP contribution in [0.4, 0.5) is 4.39 Å². The van der Waals surface area contributed by atoms with E-state index in [0.717, 1.165) is 64.0 Å². The summed E-state index contributed by atoms with van der Waals surface area (Å²) in [4.78, 5) is 18.3. The molecule has 3 heterocycles. The number of carbonyl (C=O) groups is 1. The van der Waals surface area contributed by atoms with E-state index in [2.05, 4.69) is 20.5 Å². The van der Waals surface area contributed by atoms with Gasteiger partial charge in [0.05, 0.1) is 12.2 Å². The third-order valence-electron chi connectivity index (χ3n) is 4.71. The summed E-state index contributed by atoms with van der Waals surface area (Å²) in [6.07, 6.45) is 7.22. The molecule has 1 amide bonds. The summed E-state index contributed by atoms with van der Waals surface area (Å²) in [5.74, 6) is 0.317. The van der Waals surface area contributed by atoms with Crippen molar-refractivity contribution in [3.8, 4) is 0 Å². The van der Waals surface area contributed by atoms with Crippen LogP contribution in [0, 0.1) is 11.7 Å². The molecule has 2 unspecified atom stereocenters. The van der Waals surface area contributed by atoms with Gasteiger partial charge in [0, 0.05) is 25.8 Å². The Morgan fingerprint density at radius 2 is 2.25 bits per heavy atom. The lowest BCUT2D eigenvalue weighted by Gasteiger charge is -2.33. The Bertz CT molecular complexity index is 539. The second-order valence-electron chi connectivity index (χ2n) is 6.65. The molecule has 0 aliphatic carbocycles. The van der Waals surface area contributed by atoms with E-state index in [9.17, 15) is 9.18 Å². The average molecular weight is 357 g/mol. The number of halogens is 2. The maximum absolute atomic E-state index is 13.2. The van der Waals surface area contributed by atoms with Crippen molar-refractivity contribution >= 4 is 18.3 Å². The zero-order valence-corrected chi connectivity index (χ0v) is 14.7. The van der Waals surface area contributed by atoms with Gasteiger partial charge < -0.3 is 10.6 Å². The molecule has 7 heteroatoms. The number of nitrogens with one attached hydrogen (secondary N) is 2. The highest BCUT2D eigenvalue weighted by molar-refractivity contribution is 5.85. The summed E-state index contributed by atoms with van der Waals surface area (Å²) in [5, 5.41) is 6.31. The Labute approximate surface area is 148 Å². The Kier molecular flexibility index (Phi) is 7.40. The van der Waals surface area contributed by atoms with Crippen molar-refractivity contribution in [1.29, 1.82) is 0 Å². The first-order valence-corrected chi connectivity index (χ1v) is 8.53. The summed E-state index contributed by atoms with van der Waals surface area (Å²) >= 11 is 0. The molecule has 0 aromatic carbocycles. The van der Waals surface area contributed by atoms with Gasteiger partial charge in [0.25, 0.3) is 0 Å². The SMILES string of the molecule is Cl.O=C(NCC1CCCN(Cc2cncc(F)c2)C1)C1CCCN1. The van der Waals surface area contributed by atoms with Crippen LogP contribution in [0.15, 0.2) is 18.5 Å². The molecule has 2 N–H and O–H groups in total. The summed E-state index contributed by atoms with van der Waals surface area (Å²) in [7, 11) is 0. The fourth-order valence-electron chi connectivity index (χ4n) is 3.54. The fourth-order valence-corrected chi connectivity index (χ4v) is 3.54. The smallest absolute Gasteiger partial charge is 0.237 e. The maximum Gasteiger partial charge on any atom is 0.237 e. The normalized spacial score (nSPS) is 24.4. The topological polar surface area (TPSA) is 57.3 Å². The van der Waals surface area contributed by atoms with Crippen molar-refractivity contribution in [2.24, 2.45) is 5.92 Å². The minimum Gasteiger partial charge on any atom is -0.354 e.